The average molecular weight is 370 g/mol. The second-order valence-electron chi connectivity index (χ2n) is 6.34. The Hall–Kier alpha value is -1.40. The van der Waals surface area contributed by atoms with Crippen LogP contribution in [0.3, 0.4) is 0 Å². The van der Waals surface area contributed by atoms with E-state index in [-0.39, 0.29) is 6.04 Å². The van der Waals surface area contributed by atoms with Gasteiger partial charge < -0.3 is 5.32 Å². The van der Waals surface area contributed by atoms with Crippen LogP contribution in [0.25, 0.3) is 10.2 Å². The molecule has 0 spiro atoms. The van der Waals surface area contributed by atoms with Crippen LogP contribution >= 0.6 is 23.1 Å². The zero-order valence-electron chi connectivity index (χ0n) is 14.4. The van der Waals surface area contributed by atoms with Crippen LogP contribution in [-0.2, 0) is 0 Å². The molecule has 1 aliphatic rings. The van der Waals surface area contributed by atoms with Crippen LogP contribution in [0.15, 0.2) is 53.4 Å². The summed E-state index contributed by atoms with van der Waals surface area (Å²) in [7, 11) is 0. The van der Waals surface area contributed by atoms with Gasteiger partial charge in [-0.3, -0.25) is 4.90 Å². The number of aromatic nitrogens is 1. The molecule has 0 saturated carbocycles. The molecule has 5 heteroatoms. The number of benzene rings is 2. The maximum Gasteiger partial charge on any atom is 0.116 e. The lowest BCUT2D eigenvalue weighted by atomic mass is 10.1. The van der Waals surface area contributed by atoms with Crippen molar-refractivity contribution in [1.29, 1.82) is 0 Å². The number of nitrogens with one attached hydrogen (secondary N) is 1. The number of para-hydroxylation sites is 1. The van der Waals surface area contributed by atoms with Gasteiger partial charge in [0.25, 0.3) is 0 Å². The number of rotatable bonds is 4. The van der Waals surface area contributed by atoms with Gasteiger partial charge in [-0.15, -0.1) is 23.1 Å². The molecule has 0 bridgehead atoms. The van der Waals surface area contributed by atoms with E-state index in [9.17, 15) is 0 Å². The van der Waals surface area contributed by atoms with Crippen LogP contribution in [0.2, 0.25) is 0 Å². The summed E-state index contributed by atoms with van der Waals surface area (Å²) < 4.78 is 1.27. The second kappa shape index (κ2) is 7.87. The zero-order chi connectivity index (χ0) is 17.1. The highest BCUT2D eigenvalue weighted by Gasteiger charge is 2.26. The Labute approximate surface area is 157 Å². The van der Waals surface area contributed by atoms with E-state index in [4.69, 9.17) is 4.98 Å². The van der Waals surface area contributed by atoms with Crippen LogP contribution < -0.4 is 5.32 Å². The lowest BCUT2D eigenvalue weighted by Crippen LogP contribution is -2.33. The Kier molecular flexibility index (Phi) is 5.36. The zero-order valence-corrected chi connectivity index (χ0v) is 16.1. The van der Waals surface area contributed by atoms with Gasteiger partial charge in [-0.25, -0.2) is 4.98 Å². The minimum atomic E-state index is 0.244. The molecular weight excluding hydrogens is 346 g/mol. The average Bonchev–Trinajstić information content (AvgIpc) is 2.89. The van der Waals surface area contributed by atoms with Gasteiger partial charge in [0.15, 0.2) is 0 Å². The molecule has 3 aromatic rings. The first-order valence-electron chi connectivity index (χ1n) is 8.79. The topological polar surface area (TPSA) is 28.2 Å². The van der Waals surface area contributed by atoms with E-state index in [1.807, 2.05) is 11.3 Å². The third-order valence-corrected chi connectivity index (χ3v) is 6.55. The standard InChI is InChI=1S/C20H23N3S2/c1-24-16-9-7-15(8-10-16)19(23-13-4-11-21-12-14-23)20-22-17-5-2-3-6-18(17)25-20/h2-3,5-10,19,21H,4,11-14H2,1H3. The number of thioether (sulfide) groups is 1. The van der Waals surface area contributed by atoms with Crippen LogP contribution in [0.4, 0.5) is 0 Å². The first-order valence-corrected chi connectivity index (χ1v) is 10.8. The van der Waals surface area contributed by atoms with Crippen molar-refractivity contribution in [3.8, 4) is 0 Å². The minimum Gasteiger partial charge on any atom is -0.315 e. The molecule has 0 amide bonds. The molecule has 3 nitrogen and oxygen atoms in total. The number of nitrogens with zero attached hydrogens (tertiary/aromatic N) is 2. The summed E-state index contributed by atoms with van der Waals surface area (Å²) in [6.07, 6.45) is 3.31. The van der Waals surface area contributed by atoms with E-state index >= 15 is 0 Å². The summed E-state index contributed by atoms with van der Waals surface area (Å²) in [5.74, 6) is 0. The first-order chi connectivity index (χ1) is 12.3. The van der Waals surface area contributed by atoms with Crippen molar-refractivity contribution in [2.75, 3.05) is 32.4 Å². The monoisotopic (exact) mass is 369 g/mol. The summed E-state index contributed by atoms with van der Waals surface area (Å²) in [4.78, 5) is 8.89. The Morgan fingerprint density at radius 2 is 1.92 bits per heavy atom. The molecule has 2 heterocycles. The molecule has 1 unspecified atom stereocenters. The van der Waals surface area contributed by atoms with E-state index in [1.165, 1.54) is 26.6 Å². The van der Waals surface area contributed by atoms with E-state index in [0.717, 1.165) is 31.7 Å². The number of thiazole rings is 1. The first kappa shape index (κ1) is 17.0. The van der Waals surface area contributed by atoms with Gasteiger partial charge in [-0.05, 0) is 49.1 Å². The number of fused-ring (bicyclic) bond motifs is 1. The molecule has 1 aliphatic heterocycles. The highest BCUT2D eigenvalue weighted by atomic mass is 32.2. The Balaban J connectivity index is 1.75. The maximum absolute atomic E-state index is 4.99. The predicted octanol–water partition coefficient (Wildman–Crippen LogP) is 4.40. The van der Waals surface area contributed by atoms with Crippen LogP contribution in [0.5, 0.6) is 0 Å². The van der Waals surface area contributed by atoms with Gasteiger partial charge >= 0.3 is 0 Å². The Morgan fingerprint density at radius 3 is 2.72 bits per heavy atom. The van der Waals surface area contributed by atoms with Crippen molar-refractivity contribution in [3.63, 3.8) is 0 Å². The van der Waals surface area contributed by atoms with E-state index in [2.05, 4.69) is 65.0 Å². The van der Waals surface area contributed by atoms with Crippen molar-refractivity contribution in [2.24, 2.45) is 0 Å². The van der Waals surface area contributed by atoms with E-state index < -0.39 is 0 Å². The van der Waals surface area contributed by atoms with Crippen molar-refractivity contribution in [1.82, 2.24) is 15.2 Å². The molecule has 25 heavy (non-hydrogen) atoms. The summed E-state index contributed by atoms with van der Waals surface area (Å²) in [6, 6.07) is 17.7. The summed E-state index contributed by atoms with van der Waals surface area (Å²) >= 11 is 3.62. The number of hydrogen-bond acceptors (Lipinski definition) is 5. The van der Waals surface area contributed by atoms with E-state index in [1.54, 1.807) is 11.8 Å². The molecule has 130 valence electrons. The van der Waals surface area contributed by atoms with Gasteiger partial charge in [0.05, 0.1) is 16.3 Å². The highest BCUT2D eigenvalue weighted by molar-refractivity contribution is 7.98. The van der Waals surface area contributed by atoms with Crippen LogP contribution in [0.1, 0.15) is 23.0 Å². The normalized spacial score (nSPS) is 17.5. The minimum absolute atomic E-state index is 0.244. The third-order valence-electron chi connectivity index (χ3n) is 4.72. The molecular formula is C20H23N3S2. The molecule has 2 aromatic carbocycles. The molecule has 1 atom stereocenters. The van der Waals surface area contributed by atoms with Gasteiger partial charge in [0.1, 0.15) is 5.01 Å². The Bertz CT molecular complexity index is 787. The molecule has 0 aliphatic carbocycles. The van der Waals surface area contributed by atoms with Gasteiger partial charge in [0.2, 0.25) is 0 Å². The van der Waals surface area contributed by atoms with Crippen molar-refractivity contribution < 1.29 is 0 Å². The fourth-order valence-corrected chi connectivity index (χ4v) is 4.97. The fraction of sp³-hybridized carbons (Fsp3) is 0.350. The molecule has 1 saturated heterocycles. The molecule has 1 N–H and O–H groups in total. The third kappa shape index (κ3) is 3.75. The maximum atomic E-state index is 4.99. The molecule has 1 fully saturated rings. The largest absolute Gasteiger partial charge is 0.315 e. The molecule has 4 rings (SSSR count). The number of hydrogen-bond donors (Lipinski definition) is 1. The second-order valence-corrected chi connectivity index (χ2v) is 8.28. The predicted molar refractivity (Wildman–Crippen MR) is 109 cm³/mol. The smallest absolute Gasteiger partial charge is 0.116 e. The van der Waals surface area contributed by atoms with Crippen LogP contribution in [-0.4, -0.2) is 42.3 Å². The van der Waals surface area contributed by atoms with Gasteiger partial charge in [-0.2, -0.15) is 0 Å². The lowest BCUT2D eigenvalue weighted by molar-refractivity contribution is 0.241. The van der Waals surface area contributed by atoms with Crippen LogP contribution in [0, 0.1) is 0 Å². The van der Waals surface area contributed by atoms with Gasteiger partial charge in [0, 0.05) is 24.5 Å². The summed E-state index contributed by atoms with van der Waals surface area (Å²) in [5, 5.41) is 4.73. The highest BCUT2D eigenvalue weighted by Crippen LogP contribution is 2.35. The summed E-state index contributed by atoms with van der Waals surface area (Å²) in [5.41, 5.74) is 2.46. The van der Waals surface area contributed by atoms with E-state index in [0.29, 0.717) is 0 Å². The molecule has 0 radical (unpaired) electrons. The van der Waals surface area contributed by atoms with Gasteiger partial charge in [-0.1, -0.05) is 24.3 Å². The Morgan fingerprint density at radius 1 is 1.08 bits per heavy atom. The fourth-order valence-electron chi connectivity index (χ4n) is 3.43. The quantitative estimate of drug-likeness (QED) is 0.690. The van der Waals surface area contributed by atoms with Crippen molar-refractivity contribution in [2.45, 2.75) is 17.4 Å². The lowest BCUT2D eigenvalue weighted by Gasteiger charge is -2.29. The SMILES string of the molecule is CSc1ccc(C(c2nc3ccccc3s2)N2CCCNCC2)cc1. The van der Waals surface area contributed by atoms with Crippen molar-refractivity contribution >= 4 is 33.3 Å². The molecule has 1 aromatic heterocycles. The van der Waals surface area contributed by atoms with Crippen molar-refractivity contribution in [3.05, 3.63) is 59.1 Å². The summed E-state index contributed by atoms with van der Waals surface area (Å²) in [6.45, 7) is 4.32.